The van der Waals surface area contributed by atoms with Gasteiger partial charge in [-0.15, -0.1) is 0 Å². The number of anilines is 1. The summed E-state index contributed by atoms with van der Waals surface area (Å²) in [4.78, 5) is 23.1. The molecule has 1 aromatic carbocycles. The fourth-order valence-corrected chi connectivity index (χ4v) is 1.86. The molecular formula is C15H20ClNO5. The summed E-state index contributed by atoms with van der Waals surface area (Å²) in [6.45, 7) is 5.20. The van der Waals surface area contributed by atoms with Crippen LogP contribution in [0.3, 0.4) is 0 Å². The Morgan fingerprint density at radius 1 is 1.36 bits per heavy atom. The molecule has 2 N–H and O–H groups in total. The summed E-state index contributed by atoms with van der Waals surface area (Å²) in [6, 6.07) is 4.56. The van der Waals surface area contributed by atoms with Gasteiger partial charge in [0.05, 0.1) is 25.3 Å². The van der Waals surface area contributed by atoms with Crippen molar-refractivity contribution in [3.05, 3.63) is 28.8 Å². The molecule has 0 saturated carbocycles. The molecule has 1 atom stereocenters. The Balaban J connectivity index is 2.95. The number of esters is 1. The number of methoxy groups -OCH3 is 1. The molecule has 1 amide bonds. The van der Waals surface area contributed by atoms with Crippen LogP contribution in [0.5, 0.6) is 0 Å². The van der Waals surface area contributed by atoms with Crippen LogP contribution in [0.4, 0.5) is 10.5 Å². The van der Waals surface area contributed by atoms with Gasteiger partial charge in [-0.05, 0) is 32.9 Å². The van der Waals surface area contributed by atoms with Crippen molar-refractivity contribution in [1.29, 1.82) is 0 Å². The second-order valence-corrected chi connectivity index (χ2v) is 6.09. The zero-order valence-electron chi connectivity index (χ0n) is 13.0. The smallest absolute Gasteiger partial charge is 0.412 e. The van der Waals surface area contributed by atoms with Gasteiger partial charge in [-0.1, -0.05) is 17.7 Å². The highest BCUT2D eigenvalue weighted by Gasteiger charge is 2.21. The van der Waals surface area contributed by atoms with Gasteiger partial charge in [0.1, 0.15) is 5.60 Å². The Morgan fingerprint density at radius 2 is 2.00 bits per heavy atom. The average molecular weight is 330 g/mol. The molecule has 0 fully saturated rings. The number of halogens is 1. The fourth-order valence-electron chi connectivity index (χ4n) is 1.69. The van der Waals surface area contributed by atoms with E-state index in [-0.39, 0.29) is 12.1 Å². The molecule has 0 aromatic heterocycles. The number of hydrogen-bond acceptors (Lipinski definition) is 5. The van der Waals surface area contributed by atoms with E-state index in [1.807, 2.05) is 0 Å². The molecular weight excluding hydrogens is 310 g/mol. The molecule has 0 aliphatic heterocycles. The van der Waals surface area contributed by atoms with Crippen LogP contribution in [0.2, 0.25) is 5.02 Å². The van der Waals surface area contributed by atoms with Crippen LogP contribution in [0.15, 0.2) is 18.2 Å². The Morgan fingerprint density at radius 3 is 2.55 bits per heavy atom. The Bertz CT molecular complexity index is 553. The second-order valence-electron chi connectivity index (χ2n) is 5.65. The number of amides is 1. The van der Waals surface area contributed by atoms with Crippen LogP contribution < -0.4 is 5.32 Å². The van der Waals surface area contributed by atoms with E-state index < -0.39 is 23.8 Å². The third-order valence-electron chi connectivity index (χ3n) is 2.60. The van der Waals surface area contributed by atoms with Crippen molar-refractivity contribution in [2.24, 2.45) is 0 Å². The van der Waals surface area contributed by atoms with Gasteiger partial charge < -0.3 is 14.6 Å². The lowest BCUT2D eigenvalue weighted by Gasteiger charge is -2.21. The van der Waals surface area contributed by atoms with Gasteiger partial charge in [-0.25, -0.2) is 4.79 Å². The van der Waals surface area contributed by atoms with Gasteiger partial charge in [0, 0.05) is 10.6 Å². The predicted octanol–water partition coefficient (Wildman–Crippen LogP) is 3.28. The van der Waals surface area contributed by atoms with E-state index in [1.165, 1.54) is 19.2 Å². The monoisotopic (exact) mass is 329 g/mol. The van der Waals surface area contributed by atoms with Crippen LogP contribution in [-0.2, 0) is 14.3 Å². The molecule has 0 saturated heterocycles. The van der Waals surface area contributed by atoms with Gasteiger partial charge in [0.25, 0.3) is 0 Å². The summed E-state index contributed by atoms with van der Waals surface area (Å²) in [5.74, 6) is -0.564. The molecule has 22 heavy (non-hydrogen) atoms. The lowest BCUT2D eigenvalue weighted by atomic mass is 10.0. The molecule has 7 heteroatoms. The van der Waals surface area contributed by atoms with Gasteiger partial charge in [0.2, 0.25) is 0 Å². The quantitative estimate of drug-likeness (QED) is 0.828. The summed E-state index contributed by atoms with van der Waals surface area (Å²) in [7, 11) is 1.23. The van der Waals surface area contributed by atoms with E-state index in [4.69, 9.17) is 16.3 Å². The number of benzene rings is 1. The number of hydrogen-bond donors (Lipinski definition) is 2. The van der Waals surface area contributed by atoms with Crippen LogP contribution >= 0.6 is 11.6 Å². The van der Waals surface area contributed by atoms with Crippen molar-refractivity contribution in [2.75, 3.05) is 12.4 Å². The third-order valence-corrected chi connectivity index (χ3v) is 2.83. The van der Waals surface area contributed by atoms with Crippen molar-refractivity contribution in [3.8, 4) is 0 Å². The summed E-state index contributed by atoms with van der Waals surface area (Å²) in [5.41, 5.74) is -0.0354. The number of carbonyl (C=O) groups excluding carboxylic acids is 2. The first-order valence-electron chi connectivity index (χ1n) is 6.66. The molecule has 0 heterocycles. The maximum atomic E-state index is 11.8. The fraction of sp³-hybridized carbons (Fsp3) is 0.467. The van der Waals surface area contributed by atoms with Crippen LogP contribution in [0.1, 0.15) is 38.9 Å². The van der Waals surface area contributed by atoms with E-state index in [0.717, 1.165) is 0 Å². The number of aliphatic hydroxyl groups excluding tert-OH is 1. The second kappa shape index (κ2) is 7.47. The van der Waals surface area contributed by atoms with Crippen molar-refractivity contribution < 1.29 is 24.2 Å². The molecule has 1 aromatic rings. The molecule has 0 radical (unpaired) electrons. The number of nitrogens with one attached hydrogen (secondary N) is 1. The van der Waals surface area contributed by atoms with Crippen molar-refractivity contribution in [1.82, 2.24) is 0 Å². The summed E-state index contributed by atoms with van der Waals surface area (Å²) >= 11 is 5.91. The highest BCUT2D eigenvalue weighted by molar-refractivity contribution is 6.31. The minimum atomic E-state index is -1.13. The summed E-state index contributed by atoms with van der Waals surface area (Å²) < 4.78 is 9.67. The van der Waals surface area contributed by atoms with E-state index >= 15 is 0 Å². The van der Waals surface area contributed by atoms with Crippen LogP contribution in [0, 0.1) is 0 Å². The van der Waals surface area contributed by atoms with E-state index in [9.17, 15) is 14.7 Å². The highest BCUT2D eigenvalue weighted by atomic mass is 35.5. The van der Waals surface area contributed by atoms with Gasteiger partial charge in [0.15, 0.2) is 0 Å². The Kier molecular flexibility index (Phi) is 6.20. The Labute approximate surface area is 134 Å². The van der Waals surface area contributed by atoms with E-state index in [1.54, 1.807) is 26.8 Å². The standard InChI is InChI=1S/C15H20ClNO5/c1-15(2,3)22-14(20)17-11-7-9(16)5-6-10(11)12(18)8-13(19)21-4/h5-7,12,18H,8H2,1-4H3,(H,17,20)/t12-/m0/s1. The van der Waals surface area contributed by atoms with Gasteiger partial charge in [-0.3, -0.25) is 10.1 Å². The zero-order chi connectivity index (χ0) is 16.9. The van der Waals surface area contributed by atoms with Gasteiger partial charge in [-0.2, -0.15) is 0 Å². The average Bonchev–Trinajstić information content (AvgIpc) is 2.36. The van der Waals surface area contributed by atoms with Crippen LogP contribution in [0.25, 0.3) is 0 Å². The van der Waals surface area contributed by atoms with Crippen molar-refractivity contribution >= 4 is 29.4 Å². The molecule has 0 spiro atoms. The van der Waals surface area contributed by atoms with E-state index in [2.05, 4.69) is 10.1 Å². The van der Waals surface area contributed by atoms with E-state index in [0.29, 0.717) is 10.6 Å². The third kappa shape index (κ3) is 5.91. The highest BCUT2D eigenvalue weighted by Crippen LogP contribution is 2.29. The first-order chi connectivity index (χ1) is 10.1. The molecule has 1 rings (SSSR count). The lowest BCUT2D eigenvalue weighted by Crippen LogP contribution is -2.27. The molecule has 0 bridgehead atoms. The number of rotatable bonds is 4. The molecule has 0 unspecified atom stereocenters. The summed E-state index contributed by atoms with van der Waals surface area (Å²) in [5, 5.41) is 13.0. The minimum absolute atomic E-state index is 0.235. The maximum absolute atomic E-state index is 11.8. The van der Waals surface area contributed by atoms with Crippen LogP contribution in [-0.4, -0.2) is 29.9 Å². The molecule has 0 aliphatic carbocycles. The largest absolute Gasteiger partial charge is 0.469 e. The first-order valence-corrected chi connectivity index (χ1v) is 7.04. The minimum Gasteiger partial charge on any atom is -0.469 e. The first kappa shape index (κ1) is 18.3. The maximum Gasteiger partial charge on any atom is 0.412 e. The predicted molar refractivity (Wildman–Crippen MR) is 82.9 cm³/mol. The molecule has 122 valence electrons. The SMILES string of the molecule is COC(=O)C[C@H](O)c1ccc(Cl)cc1NC(=O)OC(C)(C)C. The number of carbonyl (C=O) groups is 2. The molecule has 0 aliphatic rings. The zero-order valence-corrected chi connectivity index (χ0v) is 13.7. The Hall–Kier alpha value is -1.79. The normalized spacial score (nSPS) is 12.5. The van der Waals surface area contributed by atoms with Gasteiger partial charge >= 0.3 is 12.1 Å². The van der Waals surface area contributed by atoms with Crippen molar-refractivity contribution in [3.63, 3.8) is 0 Å². The number of aliphatic hydroxyl groups is 1. The van der Waals surface area contributed by atoms with Crippen molar-refractivity contribution in [2.45, 2.75) is 38.9 Å². The lowest BCUT2D eigenvalue weighted by molar-refractivity contribution is -0.142. The molecule has 6 nitrogen and oxygen atoms in total. The topological polar surface area (TPSA) is 84.9 Å². The summed E-state index contributed by atoms with van der Waals surface area (Å²) in [6.07, 6.45) is -2.04. The number of ether oxygens (including phenoxy) is 2.